The van der Waals surface area contributed by atoms with E-state index in [-0.39, 0.29) is 12.0 Å². The first-order valence-corrected chi connectivity index (χ1v) is 7.59. The van der Waals surface area contributed by atoms with Crippen LogP contribution in [0.5, 0.6) is 11.5 Å². The molecule has 1 aliphatic rings. The molecule has 19 heavy (non-hydrogen) atoms. The Morgan fingerprint density at radius 1 is 1.42 bits per heavy atom. The van der Waals surface area contributed by atoms with E-state index < -0.39 is 0 Å². The lowest BCUT2D eigenvalue weighted by atomic mass is 10.2. The highest BCUT2D eigenvalue weighted by Gasteiger charge is 2.24. The van der Waals surface area contributed by atoms with E-state index in [0.29, 0.717) is 31.4 Å². The predicted octanol–water partition coefficient (Wildman–Crippen LogP) is 2.46. The van der Waals surface area contributed by atoms with E-state index in [1.165, 1.54) is 0 Å². The van der Waals surface area contributed by atoms with Crippen molar-refractivity contribution in [1.82, 2.24) is 4.90 Å². The van der Waals surface area contributed by atoms with Crippen molar-refractivity contribution in [2.24, 2.45) is 0 Å². The Morgan fingerprint density at radius 3 is 2.84 bits per heavy atom. The number of amides is 1. The summed E-state index contributed by atoms with van der Waals surface area (Å²) >= 11 is 3.29. The summed E-state index contributed by atoms with van der Waals surface area (Å²) in [7, 11) is 0. The van der Waals surface area contributed by atoms with Crippen molar-refractivity contribution in [3.63, 3.8) is 0 Å². The van der Waals surface area contributed by atoms with Gasteiger partial charge in [-0.2, -0.15) is 0 Å². The molecule has 0 aromatic heterocycles. The summed E-state index contributed by atoms with van der Waals surface area (Å²) in [4.78, 5) is 13.7. The molecule has 0 radical (unpaired) electrons. The smallest absolute Gasteiger partial charge is 0.223 e. The molecule has 0 aliphatic carbocycles. The number of hydrogen-bond donors (Lipinski definition) is 0. The molecule has 1 heterocycles. The van der Waals surface area contributed by atoms with Gasteiger partial charge in [-0.15, -0.1) is 0 Å². The SMILES string of the molecule is CCN(CC1COc2ccccc2O1)C(=O)CCBr. The number of para-hydroxylation sites is 2. The van der Waals surface area contributed by atoms with Crippen LogP contribution in [0.25, 0.3) is 0 Å². The van der Waals surface area contributed by atoms with E-state index in [1.807, 2.05) is 36.1 Å². The van der Waals surface area contributed by atoms with E-state index in [1.54, 1.807) is 0 Å². The van der Waals surface area contributed by atoms with Gasteiger partial charge in [0.1, 0.15) is 6.61 Å². The summed E-state index contributed by atoms with van der Waals surface area (Å²) in [6, 6.07) is 7.61. The second kappa shape index (κ2) is 6.80. The molecule has 0 saturated carbocycles. The van der Waals surface area contributed by atoms with E-state index in [4.69, 9.17) is 9.47 Å². The first-order chi connectivity index (χ1) is 9.24. The molecule has 0 spiro atoms. The lowest BCUT2D eigenvalue weighted by Crippen LogP contribution is -2.43. The van der Waals surface area contributed by atoms with Gasteiger partial charge in [0.15, 0.2) is 17.6 Å². The van der Waals surface area contributed by atoms with Crippen LogP contribution in [-0.2, 0) is 4.79 Å². The predicted molar refractivity (Wildman–Crippen MR) is 77.0 cm³/mol. The summed E-state index contributed by atoms with van der Waals surface area (Å²) in [5.41, 5.74) is 0. The van der Waals surface area contributed by atoms with E-state index in [2.05, 4.69) is 15.9 Å². The second-order valence-corrected chi connectivity index (χ2v) is 5.16. The number of halogens is 1. The number of fused-ring (bicyclic) bond motifs is 1. The van der Waals surface area contributed by atoms with Crippen molar-refractivity contribution >= 4 is 21.8 Å². The third kappa shape index (κ3) is 3.62. The van der Waals surface area contributed by atoms with E-state index in [0.717, 1.165) is 11.5 Å². The van der Waals surface area contributed by atoms with Crippen LogP contribution in [-0.4, -0.2) is 41.9 Å². The Balaban J connectivity index is 1.95. The zero-order chi connectivity index (χ0) is 13.7. The molecule has 0 saturated heterocycles. The zero-order valence-corrected chi connectivity index (χ0v) is 12.6. The molecule has 0 fully saturated rings. The number of carbonyl (C=O) groups excluding carboxylic acids is 1. The average molecular weight is 328 g/mol. The minimum Gasteiger partial charge on any atom is -0.486 e. The Morgan fingerprint density at radius 2 is 2.16 bits per heavy atom. The lowest BCUT2D eigenvalue weighted by molar-refractivity contribution is -0.132. The van der Waals surface area contributed by atoms with Gasteiger partial charge in [-0.05, 0) is 19.1 Å². The van der Waals surface area contributed by atoms with Crippen molar-refractivity contribution in [2.75, 3.05) is 25.0 Å². The lowest BCUT2D eigenvalue weighted by Gasteiger charge is -2.30. The Bertz CT molecular complexity index is 438. The number of alkyl halides is 1. The molecule has 1 atom stereocenters. The number of likely N-dealkylation sites (N-methyl/N-ethyl adjacent to an activating group) is 1. The van der Waals surface area contributed by atoms with Crippen molar-refractivity contribution in [3.8, 4) is 11.5 Å². The zero-order valence-electron chi connectivity index (χ0n) is 11.0. The van der Waals surface area contributed by atoms with Crippen LogP contribution in [0.15, 0.2) is 24.3 Å². The normalized spacial score (nSPS) is 17.1. The highest BCUT2D eigenvalue weighted by molar-refractivity contribution is 9.09. The third-order valence-corrected chi connectivity index (χ3v) is 3.43. The molecule has 0 N–H and O–H groups in total. The van der Waals surface area contributed by atoms with Crippen LogP contribution < -0.4 is 9.47 Å². The molecule has 1 unspecified atom stereocenters. The molecule has 1 aromatic carbocycles. The summed E-state index contributed by atoms with van der Waals surface area (Å²) in [6.45, 7) is 3.71. The van der Waals surface area contributed by atoms with Gasteiger partial charge in [-0.1, -0.05) is 28.1 Å². The number of ether oxygens (including phenoxy) is 2. The average Bonchev–Trinajstić information content (AvgIpc) is 2.44. The standard InChI is InChI=1S/C14H18BrNO3/c1-2-16(14(17)7-8-15)9-11-10-18-12-5-3-4-6-13(12)19-11/h3-6,11H,2,7-10H2,1H3. The minimum atomic E-state index is -0.103. The second-order valence-electron chi connectivity index (χ2n) is 4.37. The number of carbonyl (C=O) groups is 1. The monoisotopic (exact) mass is 327 g/mol. The third-order valence-electron chi connectivity index (χ3n) is 3.03. The fourth-order valence-corrected chi connectivity index (χ4v) is 2.38. The maximum atomic E-state index is 11.9. The minimum absolute atomic E-state index is 0.103. The van der Waals surface area contributed by atoms with Gasteiger partial charge >= 0.3 is 0 Å². The quantitative estimate of drug-likeness (QED) is 0.780. The molecule has 4 nitrogen and oxygen atoms in total. The van der Waals surface area contributed by atoms with Crippen molar-refractivity contribution in [2.45, 2.75) is 19.4 Å². The van der Waals surface area contributed by atoms with Crippen LogP contribution in [0.2, 0.25) is 0 Å². The highest BCUT2D eigenvalue weighted by Crippen LogP contribution is 2.31. The molecular weight excluding hydrogens is 310 g/mol. The van der Waals surface area contributed by atoms with E-state index in [9.17, 15) is 4.79 Å². The topological polar surface area (TPSA) is 38.8 Å². The number of hydrogen-bond acceptors (Lipinski definition) is 3. The maximum Gasteiger partial charge on any atom is 0.223 e. The van der Waals surface area contributed by atoms with Crippen molar-refractivity contribution in [1.29, 1.82) is 0 Å². The van der Waals surface area contributed by atoms with Gasteiger partial charge in [-0.3, -0.25) is 4.79 Å². The van der Waals surface area contributed by atoms with E-state index >= 15 is 0 Å². The Kier molecular flexibility index (Phi) is 5.07. The first kappa shape index (κ1) is 14.2. The van der Waals surface area contributed by atoms with Gasteiger partial charge in [0.2, 0.25) is 5.91 Å². The van der Waals surface area contributed by atoms with Gasteiger partial charge in [-0.25, -0.2) is 0 Å². The van der Waals surface area contributed by atoms with Gasteiger partial charge in [0.25, 0.3) is 0 Å². The number of benzene rings is 1. The van der Waals surface area contributed by atoms with Crippen LogP contribution in [0.1, 0.15) is 13.3 Å². The Hall–Kier alpha value is -1.23. The molecule has 5 heteroatoms. The van der Waals surface area contributed by atoms with Crippen LogP contribution >= 0.6 is 15.9 Å². The van der Waals surface area contributed by atoms with Crippen LogP contribution in [0.3, 0.4) is 0 Å². The fourth-order valence-electron chi connectivity index (χ4n) is 2.05. The van der Waals surface area contributed by atoms with Gasteiger partial charge in [0, 0.05) is 18.3 Å². The van der Waals surface area contributed by atoms with Crippen molar-refractivity contribution in [3.05, 3.63) is 24.3 Å². The summed E-state index contributed by atoms with van der Waals surface area (Å²) < 4.78 is 11.5. The number of nitrogens with zero attached hydrogens (tertiary/aromatic N) is 1. The van der Waals surface area contributed by atoms with Gasteiger partial charge in [0.05, 0.1) is 6.54 Å². The Labute approximate surface area is 121 Å². The maximum absolute atomic E-state index is 11.9. The first-order valence-electron chi connectivity index (χ1n) is 6.46. The molecule has 1 aliphatic heterocycles. The molecule has 104 valence electrons. The molecule has 2 rings (SSSR count). The van der Waals surface area contributed by atoms with Crippen LogP contribution in [0.4, 0.5) is 0 Å². The molecule has 0 bridgehead atoms. The number of rotatable bonds is 5. The highest BCUT2D eigenvalue weighted by atomic mass is 79.9. The summed E-state index contributed by atoms with van der Waals surface area (Å²) in [5, 5.41) is 0.688. The fraction of sp³-hybridized carbons (Fsp3) is 0.500. The van der Waals surface area contributed by atoms with Gasteiger partial charge < -0.3 is 14.4 Å². The largest absolute Gasteiger partial charge is 0.486 e. The van der Waals surface area contributed by atoms with Crippen LogP contribution in [0, 0.1) is 0 Å². The summed E-state index contributed by atoms with van der Waals surface area (Å²) in [6.07, 6.45) is 0.409. The molecule has 1 amide bonds. The van der Waals surface area contributed by atoms with Crippen molar-refractivity contribution < 1.29 is 14.3 Å². The molecule has 1 aromatic rings. The summed E-state index contributed by atoms with van der Waals surface area (Å²) in [5.74, 6) is 1.66. The molecular formula is C14H18BrNO3.